The maximum atomic E-state index is 12.0. The number of thiophene rings is 1. The molecule has 0 fully saturated rings. The van der Waals surface area contributed by atoms with Gasteiger partial charge in [-0.3, -0.25) is 5.32 Å². The average molecular weight is 324 g/mol. The maximum absolute atomic E-state index is 12.0. The van der Waals surface area contributed by atoms with Crippen molar-refractivity contribution in [2.75, 3.05) is 7.11 Å². The second-order valence-corrected chi connectivity index (χ2v) is 7.63. The normalized spacial score (nSPS) is 13.1. The fraction of sp³-hybridized carbons (Fsp3) is 0.467. The third-order valence-corrected chi connectivity index (χ3v) is 5.12. The van der Waals surface area contributed by atoms with E-state index in [0.717, 1.165) is 10.7 Å². The molecule has 0 bridgehead atoms. The number of esters is 1. The Morgan fingerprint density at radius 2 is 2.19 bits per heavy atom. The minimum atomic E-state index is -0.524. The molecule has 4 nitrogen and oxygen atoms in total. The van der Waals surface area contributed by atoms with E-state index in [1.54, 1.807) is 22.7 Å². The van der Waals surface area contributed by atoms with Crippen molar-refractivity contribution >= 4 is 28.6 Å². The number of nitrogens with zero attached hydrogens (tertiary/aromatic N) is 1. The van der Waals surface area contributed by atoms with Crippen LogP contribution >= 0.6 is 22.7 Å². The summed E-state index contributed by atoms with van der Waals surface area (Å²) < 4.78 is 4.90. The molecule has 1 N–H and O–H groups in total. The van der Waals surface area contributed by atoms with E-state index in [1.807, 2.05) is 22.9 Å². The highest BCUT2D eigenvalue weighted by Gasteiger charge is 2.26. The Balaban J connectivity index is 2.15. The van der Waals surface area contributed by atoms with E-state index in [0.29, 0.717) is 6.54 Å². The summed E-state index contributed by atoms with van der Waals surface area (Å²) in [5, 5.41) is 8.20. The number of methoxy groups -OCH3 is 1. The summed E-state index contributed by atoms with van der Waals surface area (Å²) in [5.74, 6) is -0.308. The van der Waals surface area contributed by atoms with Gasteiger partial charge in [0.2, 0.25) is 0 Å². The first-order valence-electron chi connectivity index (χ1n) is 6.71. The molecule has 2 aromatic rings. The van der Waals surface area contributed by atoms with Gasteiger partial charge in [-0.15, -0.1) is 22.7 Å². The topological polar surface area (TPSA) is 51.2 Å². The minimum Gasteiger partial charge on any atom is -0.468 e. The quantitative estimate of drug-likeness (QED) is 0.855. The van der Waals surface area contributed by atoms with E-state index >= 15 is 0 Å². The van der Waals surface area contributed by atoms with Crippen LogP contribution in [0.2, 0.25) is 0 Å². The van der Waals surface area contributed by atoms with Crippen LogP contribution in [0.1, 0.15) is 42.4 Å². The van der Waals surface area contributed by atoms with Crippen molar-refractivity contribution < 1.29 is 9.53 Å². The summed E-state index contributed by atoms with van der Waals surface area (Å²) in [5.41, 5.74) is 0.713. The molecule has 0 aliphatic rings. The lowest BCUT2D eigenvalue weighted by molar-refractivity contribution is -0.143. The van der Waals surface area contributed by atoms with Gasteiger partial charge < -0.3 is 4.74 Å². The van der Waals surface area contributed by atoms with Crippen LogP contribution in [0.5, 0.6) is 0 Å². The van der Waals surface area contributed by atoms with Crippen molar-refractivity contribution in [1.29, 1.82) is 0 Å². The van der Waals surface area contributed by atoms with E-state index < -0.39 is 6.04 Å². The van der Waals surface area contributed by atoms with Gasteiger partial charge in [-0.1, -0.05) is 26.8 Å². The van der Waals surface area contributed by atoms with E-state index in [9.17, 15) is 4.79 Å². The van der Waals surface area contributed by atoms with Crippen molar-refractivity contribution in [2.45, 2.75) is 38.8 Å². The molecule has 0 radical (unpaired) electrons. The Kier molecular flexibility index (Phi) is 5.13. The predicted molar refractivity (Wildman–Crippen MR) is 86.7 cm³/mol. The molecule has 0 saturated carbocycles. The lowest BCUT2D eigenvalue weighted by Crippen LogP contribution is -2.29. The number of nitrogens with one attached hydrogen (secondary N) is 1. The van der Waals surface area contributed by atoms with Crippen LogP contribution in [0.3, 0.4) is 0 Å². The molecule has 21 heavy (non-hydrogen) atoms. The van der Waals surface area contributed by atoms with E-state index in [1.165, 1.54) is 12.0 Å². The van der Waals surface area contributed by atoms with Crippen LogP contribution < -0.4 is 5.32 Å². The summed E-state index contributed by atoms with van der Waals surface area (Å²) in [6, 6.07) is 3.51. The lowest BCUT2D eigenvalue weighted by Gasteiger charge is -2.16. The predicted octanol–water partition coefficient (Wildman–Crippen LogP) is 3.51. The van der Waals surface area contributed by atoms with E-state index in [-0.39, 0.29) is 11.4 Å². The zero-order valence-corrected chi connectivity index (χ0v) is 14.3. The lowest BCUT2D eigenvalue weighted by atomic mass is 9.98. The fourth-order valence-electron chi connectivity index (χ4n) is 1.81. The molecule has 0 aliphatic heterocycles. The molecule has 2 aromatic heterocycles. The third-order valence-electron chi connectivity index (χ3n) is 2.96. The molecule has 0 spiro atoms. The van der Waals surface area contributed by atoms with Crippen LogP contribution in [0.4, 0.5) is 0 Å². The Hall–Kier alpha value is -1.24. The first kappa shape index (κ1) is 16.1. The molecular weight excluding hydrogens is 304 g/mol. The number of carbonyl (C=O) groups excluding carboxylic acids is 1. The van der Waals surface area contributed by atoms with Crippen LogP contribution in [0.25, 0.3) is 0 Å². The molecule has 2 heterocycles. The third kappa shape index (κ3) is 4.12. The molecule has 0 amide bonds. The highest BCUT2D eigenvalue weighted by atomic mass is 32.1. The van der Waals surface area contributed by atoms with Gasteiger partial charge in [0.05, 0.1) is 17.8 Å². The van der Waals surface area contributed by atoms with Gasteiger partial charge in [-0.05, 0) is 11.4 Å². The Bertz CT molecular complexity index is 585. The fourth-order valence-corrected chi connectivity index (χ4v) is 3.39. The number of hydrogen-bond acceptors (Lipinski definition) is 6. The van der Waals surface area contributed by atoms with Gasteiger partial charge >= 0.3 is 5.97 Å². The number of hydrogen-bond donors (Lipinski definition) is 1. The van der Waals surface area contributed by atoms with Gasteiger partial charge in [0, 0.05) is 22.2 Å². The molecule has 114 valence electrons. The molecule has 0 aliphatic carbocycles. The number of rotatable bonds is 5. The van der Waals surface area contributed by atoms with Gasteiger partial charge in [0.25, 0.3) is 0 Å². The van der Waals surface area contributed by atoms with Gasteiger partial charge in [0.1, 0.15) is 6.04 Å². The summed E-state index contributed by atoms with van der Waals surface area (Å²) in [6.07, 6.45) is 0. The summed E-state index contributed by atoms with van der Waals surface area (Å²) in [7, 11) is 1.40. The Labute approximate surface area is 133 Å². The SMILES string of the molecule is COC(=O)C(NCc1cccs1)c1csc(C(C)(C)C)n1. The van der Waals surface area contributed by atoms with Crippen molar-refractivity contribution in [1.82, 2.24) is 10.3 Å². The smallest absolute Gasteiger partial charge is 0.329 e. The minimum absolute atomic E-state index is 0.0165. The van der Waals surface area contributed by atoms with Gasteiger partial charge in [-0.2, -0.15) is 0 Å². The van der Waals surface area contributed by atoms with Crippen LogP contribution in [-0.4, -0.2) is 18.1 Å². The zero-order valence-electron chi connectivity index (χ0n) is 12.7. The molecule has 0 aromatic carbocycles. The molecule has 2 rings (SSSR count). The summed E-state index contributed by atoms with van der Waals surface area (Å²) >= 11 is 3.24. The van der Waals surface area contributed by atoms with Crippen molar-refractivity contribution in [2.24, 2.45) is 0 Å². The monoisotopic (exact) mass is 324 g/mol. The Morgan fingerprint density at radius 3 is 2.71 bits per heavy atom. The average Bonchev–Trinajstić information content (AvgIpc) is 3.08. The van der Waals surface area contributed by atoms with Crippen LogP contribution in [0, 0.1) is 0 Å². The molecule has 6 heteroatoms. The largest absolute Gasteiger partial charge is 0.468 e. The van der Waals surface area contributed by atoms with Gasteiger partial charge in [-0.25, -0.2) is 9.78 Å². The number of carbonyl (C=O) groups is 1. The highest BCUT2D eigenvalue weighted by Crippen LogP contribution is 2.28. The van der Waals surface area contributed by atoms with Gasteiger partial charge in [0.15, 0.2) is 0 Å². The maximum Gasteiger partial charge on any atom is 0.329 e. The van der Waals surface area contributed by atoms with E-state index in [4.69, 9.17) is 4.74 Å². The van der Waals surface area contributed by atoms with Crippen molar-refractivity contribution in [3.05, 3.63) is 38.5 Å². The van der Waals surface area contributed by atoms with E-state index in [2.05, 4.69) is 31.1 Å². The summed E-state index contributed by atoms with van der Waals surface area (Å²) in [4.78, 5) is 17.8. The van der Waals surface area contributed by atoms with Crippen molar-refractivity contribution in [3.63, 3.8) is 0 Å². The Morgan fingerprint density at radius 1 is 1.43 bits per heavy atom. The van der Waals surface area contributed by atoms with Crippen LogP contribution in [0.15, 0.2) is 22.9 Å². The first-order chi connectivity index (χ1) is 9.91. The highest BCUT2D eigenvalue weighted by molar-refractivity contribution is 7.10. The standard InChI is InChI=1S/C15H20N2O2S2/c1-15(2,3)14-17-11(9-21-14)12(13(18)19-4)16-8-10-6-5-7-20-10/h5-7,9,12,16H,8H2,1-4H3. The number of aromatic nitrogens is 1. The number of thiazole rings is 1. The second-order valence-electron chi connectivity index (χ2n) is 5.74. The number of ether oxygens (including phenoxy) is 1. The zero-order chi connectivity index (χ0) is 15.5. The molecular formula is C15H20N2O2S2. The molecule has 0 saturated heterocycles. The van der Waals surface area contributed by atoms with Crippen molar-refractivity contribution in [3.8, 4) is 0 Å². The second kappa shape index (κ2) is 6.68. The van der Waals surface area contributed by atoms with Crippen LogP contribution in [-0.2, 0) is 21.5 Å². The molecule has 1 unspecified atom stereocenters. The summed E-state index contributed by atoms with van der Waals surface area (Å²) in [6.45, 7) is 6.96. The first-order valence-corrected chi connectivity index (χ1v) is 8.47. The molecule has 1 atom stereocenters.